The summed E-state index contributed by atoms with van der Waals surface area (Å²) in [6.07, 6.45) is -0.143. The summed E-state index contributed by atoms with van der Waals surface area (Å²) in [5.41, 5.74) is 0.572. The Morgan fingerprint density at radius 2 is 2.10 bits per heavy atom. The van der Waals surface area contributed by atoms with E-state index in [1.54, 1.807) is 36.0 Å². The maximum absolute atomic E-state index is 12.4. The molecule has 1 aliphatic rings. The van der Waals surface area contributed by atoms with E-state index in [2.05, 4.69) is 0 Å². The Kier molecular flexibility index (Phi) is 4.50. The number of fused-ring (bicyclic) bond motifs is 1. The standard InChI is InChI=1S/C16H22N2O3/c1-11-9-18(4)16(20)13-7-5-6-8-14(13)21-15(11)10-17(3)12(2)19/h5-8,11,15H,9-10H2,1-4H3/t11-,15-/m1/s1. The molecule has 1 aliphatic heterocycles. The van der Waals surface area contributed by atoms with Crippen molar-refractivity contribution in [3.8, 4) is 5.75 Å². The van der Waals surface area contributed by atoms with E-state index in [-0.39, 0.29) is 23.8 Å². The summed E-state index contributed by atoms with van der Waals surface area (Å²) in [4.78, 5) is 27.2. The molecule has 2 atom stereocenters. The molecule has 1 heterocycles. The summed E-state index contributed by atoms with van der Waals surface area (Å²) in [7, 11) is 3.56. The normalized spacial score (nSPS) is 21.9. The molecule has 5 heteroatoms. The van der Waals surface area contributed by atoms with Gasteiger partial charge in [0.2, 0.25) is 5.91 Å². The molecule has 0 spiro atoms. The molecule has 5 nitrogen and oxygen atoms in total. The zero-order chi connectivity index (χ0) is 15.6. The third kappa shape index (κ3) is 3.35. The van der Waals surface area contributed by atoms with E-state index in [1.165, 1.54) is 6.92 Å². The number of rotatable bonds is 2. The van der Waals surface area contributed by atoms with Crippen molar-refractivity contribution in [3.63, 3.8) is 0 Å². The van der Waals surface area contributed by atoms with Crippen LogP contribution in [0.1, 0.15) is 24.2 Å². The molecule has 0 unspecified atom stereocenters. The Morgan fingerprint density at radius 1 is 1.43 bits per heavy atom. The van der Waals surface area contributed by atoms with Crippen LogP contribution in [0, 0.1) is 5.92 Å². The van der Waals surface area contributed by atoms with E-state index < -0.39 is 0 Å². The number of carbonyl (C=O) groups is 2. The van der Waals surface area contributed by atoms with Gasteiger partial charge < -0.3 is 14.5 Å². The molecule has 0 radical (unpaired) electrons. The Balaban J connectivity index is 2.31. The monoisotopic (exact) mass is 290 g/mol. The molecular weight excluding hydrogens is 268 g/mol. The number of amides is 2. The first-order chi connectivity index (χ1) is 9.90. The smallest absolute Gasteiger partial charge is 0.257 e. The second-order valence-corrected chi connectivity index (χ2v) is 5.71. The Bertz CT molecular complexity index is 544. The number of likely N-dealkylation sites (N-methyl/N-ethyl adjacent to an activating group) is 1. The van der Waals surface area contributed by atoms with Crippen molar-refractivity contribution in [1.82, 2.24) is 9.80 Å². The summed E-state index contributed by atoms with van der Waals surface area (Å²) < 4.78 is 6.05. The van der Waals surface area contributed by atoms with E-state index in [9.17, 15) is 9.59 Å². The molecule has 0 saturated carbocycles. The second kappa shape index (κ2) is 6.16. The molecule has 2 amide bonds. The largest absolute Gasteiger partial charge is 0.487 e. The lowest BCUT2D eigenvalue weighted by Crippen LogP contribution is -2.45. The van der Waals surface area contributed by atoms with Crippen molar-refractivity contribution in [3.05, 3.63) is 29.8 Å². The zero-order valence-corrected chi connectivity index (χ0v) is 13.0. The highest BCUT2D eigenvalue weighted by molar-refractivity contribution is 5.96. The van der Waals surface area contributed by atoms with Crippen molar-refractivity contribution in [1.29, 1.82) is 0 Å². The molecule has 1 aromatic rings. The molecular formula is C16H22N2O3. The average Bonchev–Trinajstić information content (AvgIpc) is 2.45. The van der Waals surface area contributed by atoms with Gasteiger partial charge in [-0.3, -0.25) is 9.59 Å². The summed E-state index contributed by atoms with van der Waals surface area (Å²) in [6.45, 7) is 4.68. The molecule has 0 aromatic heterocycles. The average molecular weight is 290 g/mol. The van der Waals surface area contributed by atoms with Crippen LogP contribution in [0.5, 0.6) is 5.75 Å². The van der Waals surface area contributed by atoms with E-state index in [4.69, 9.17) is 4.74 Å². The van der Waals surface area contributed by atoms with Gasteiger partial charge in [-0.15, -0.1) is 0 Å². The van der Waals surface area contributed by atoms with E-state index in [1.807, 2.05) is 19.1 Å². The molecule has 114 valence electrons. The van der Waals surface area contributed by atoms with Gasteiger partial charge >= 0.3 is 0 Å². The van der Waals surface area contributed by atoms with Crippen molar-refractivity contribution in [2.45, 2.75) is 20.0 Å². The summed E-state index contributed by atoms with van der Waals surface area (Å²) in [5, 5.41) is 0. The minimum absolute atomic E-state index is 0.00516. The number of hydrogen-bond donors (Lipinski definition) is 0. The second-order valence-electron chi connectivity index (χ2n) is 5.71. The highest BCUT2D eigenvalue weighted by Crippen LogP contribution is 2.26. The molecule has 0 saturated heterocycles. The van der Waals surface area contributed by atoms with Gasteiger partial charge in [-0.05, 0) is 12.1 Å². The SMILES string of the molecule is CC(=O)N(C)C[C@H]1Oc2ccccc2C(=O)N(C)C[C@H]1C. The third-order valence-electron chi connectivity index (χ3n) is 3.93. The Morgan fingerprint density at radius 3 is 2.76 bits per heavy atom. The number of hydrogen-bond acceptors (Lipinski definition) is 3. The summed E-state index contributed by atoms with van der Waals surface area (Å²) in [6, 6.07) is 7.26. The van der Waals surface area contributed by atoms with Gasteiger partial charge in [-0.1, -0.05) is 19.1 Å². The molecule has 0 aliphatic carbocycles. The van der Waals surface area contributed by atoms with Gasteiger partial charge in [0.25, 0.3) is 5.91 Å². The fraction of sp³-hybridized carbons (Fsp3) is 0.500. The third-order valence-corrected chi connectivity index (χ3v) is 3.93. The molecule has 1 aromatic carbocycles. The highest BCUT2D eigenvalue weighted by Gasteiger charge is 2.29. The first kappa shape index (κ1) is 15.4. The topological polar surface area (TPSA) is 49.9 Å². The first-order valence-corrected chi connectivity index (χ1v) is 7.13. The van der Waals surface area contributed by atoms with E-state index in [0.29, 0.717) is 24.4 Å². The maximum atomic E-state index is 12.4. The fourth-order valence-corrected chi connectivity index (χ4v) is 2.48. The first-order valence-electron chi connectivity index (χ1n) is 7.13. The fourth-order valence-electron chi connectivity index (χ4n) is 2.48. The van der Waals surface area contributed by atoms with Crippen LogP contribution in [-0.2, 0) is 4.79 Å². The zero-order valence-electron chi connectivity index (χ0n) is 13.0. The van der Waals surface area contributed by atoms with E-state index in [0.717, 1.165) is 0 Å². The van der Waals surface area contributed by atoms with Gasteiger partial charge in [0, 0.05) is 33.5 Å². The van der Waals surface area contributed by atoms with Crippen LogP contribution in [0.3, 0.4) is 0 Å². The van der Waals surface area contributed by atoms with Gasteiger partial charge in [0.1, 0.15) is 11.9 Å². The Hall–Kier alpha value is -2.04. The molecule has 0 fully saturated rings. The highest BCUT2D eigenvalue weighted by atomic mass is 16.5. The summed E-state index contributed by atoms with van der Waals surface area (Å²) >= 11 is 0. The minimum Gasteiger partial charge on any atom is -0.487 e. The van der Waals surface area contributed by atoms with Crippen LogP contribution in [0.4, 0.5) is 0 Å². The van der Waals surface area contributed by atoms with Gasteiger partial charge in [-0.2, -0.15) is 0 Å². The number of ether oxygens (including phenoxy) is 1. The molecule has 2 rings (SSSR count). The number of carbonyl (C=O) groups excluding carboxylic acids is 2. The number of para-hydroxylation sites is 1. The van der Waals surface area contributed by atoms with E-state index >= 15 is 0 Å². The van der Waals surface area contributed by atoms with Crippen LogP contribution < -0.4 is 4.74 Å². The van der Waals surface area contributed by atoms with Crippen molar-refractivity contribution < 1.29 is 14.3 Å². The predicted octanol–water partition coefficient (Wildman–Crippen LogP) is 1.63. The molecule has 0 bridgehead atoms. The quantitative estimate of drug-likeness (QED) is 0.832. The number of nitrogens with zero attached hydrogens (tertiary/aromatic N) is 2. The lowest BCUT2D eigenvalue weighted by molar-refractivity contribution is -0.129. The van der Waals surface area contributed by atoms with Crippen LogP contribution in [0.2, 0.25) is 0 Å². The van der Waals surface area contributed by atoms with Crippen LogP contribution in [-0.4, -0.2) is 54.9 Å². The predicted molar refractivity (Wildman–Crippen MR) is 80.3 cm³/mol. The lowest BCUT2D eigenvalue weighted by atomic mass is 10.0. The van der Waals surface area contributed by atoms with Crippen molar-refractivity contribution >= 4 is 11.8 Å². The number of benzene rings is 1. The lowest BCUT2D eigenvalue weighted by Gasteiger charge is -2.34. The van der Waals surface area contributed by atoms with Crippen LogP contribution >= 0.6 is 0 Å². The summed E-state index contributed by atoms with van der Waals surface area (Å²) in [5.74, 6) is 0.693. The van der Waals surface area contributed by atoms with Gasteiger partial charge in [0.05, 0.1) is 12.1 Å². The Labute approximate surface area is 125 Å². The van der Waals surface area contributed by atoms with Crippen molar-refractivity contribution in [2.75, 3.05) is 27.2 Å². The van der Waals surface area contributed by atoms with Gasteiger partial charge in [0.15, 0.2) is 0 Å². The van der Waals surface area contributed by atoms with Crippen molar-refractivity contribution in [2.24, 2.45) is 5.92 Å². The van der Waals surface area contributed by atoms with Crippen LogP contribution in [0.15, 0.2) is 24.3 Å². The maximum Gasteiger partial charge on any atom is 0.257 e. The minimum atomic E-state index is -0.143. The molecule has 0 N–H and O–H groups in total. The van der Waals surface area contributed by atoms with Crippen LogP contribution in [0.25, 0.3) is 0 Å². The molecule has 21 heavy (non-hydrogen) atoms. The van der Waals surface area contributed by atoms with Gasteiger partial charge in [-0.25, -0.2) is 0 Å².